The summed E-state index contributed by atoms with van der Waals surface area (Å²) in [6.45, 7) is 1.77. The number of aromatic nitrogens is 1. The van der Waals surface area contributed by atoms with Gasteiger partial charge in [-0.05, 0) is 23.8 Å². The van der Waals surface area contributed by atoms with Gasteiger partial charge in [0.2, 0.25) is 0 Å². The number of anilines is 1. The molecular weight excluding hydrogens is 421 g/mol. The molecule has 0 saturated heterocycles. The van der Waals surface area contributed by atoms with Crippen molar-refractivity contribution in [1.29, 1.82) is 0 Å². The number of carbonyl (C=O) groups excluding carboxylic acids is 1. The van der Waals surface area contributed by atoms with Crippen LogP contribution in [-0.2, 0) is 23.4 Å². The number of rotatable bonds is 6. The molecule has 1 N–H and O–H groups in total. The minimum absolute atomic E-state index is 0.272. The van der Waals surface area contributed by atoms with E-state index in [2.05, 4.69) is 10.3 Å². The first-order valence-corrected chi connectivity index (χ1v) is 10.8. The Balaban J connectivity index is 1.73. The molecule has 9 heteroatoms. The smallest absolute Gasteiger partial charge is 0.298 e. The molecule has 3 rings (SSSR count). The number of halogens is 3. The molecule has 152 valence electrons. The molecule has 0 spiro atoms. The fraction of sp³-hybridized carbons (Fsp3) is 0.200. The standard InChI is InChI=1S/C20H17F3N2O2S2/c1-2-29(27)17-9-4-3-8-16(17)18(26)25-19-24-12-15(28-19)11-13-6-5-7-14(10-13)20(21,22)23/h3-10,12H,2,11H2,1H3,(H,24,25,26)/t29-/m1/s1. The molecule has 29 heavy (non-hydrogen) atoms. The first kappa shape index (κ1) is 21.2. The number of hydrogen-bond donors (Lipinski definition) is 1. The zero-order valence-electron chi connectivity index (χ0n) is 15.3. The highest BCUT2D eigenvalue weighted by atomic mass is 32.2. The predicted molar refractivity (Wildman–Crippen MR) is 108 cm³/mol. The van der Waals surface area contributed by atoms with E-state index in [0.717, 1.165) is 12.1 Å². The summed E-state index contributed by atoms with van der Waals surface area (Å²) < 4.78 is 50.7. The fourth-order valence-corrected chi connectivity index (χ4v) is 4.47. The van der Waals surface area contributed by atoms with Crippen LogP contribution in [0.15, 0.2) is 59.6 Å². The third-order valence-corrected chi connectivity index (χ3v) is 6.33. The van der Waals surface area contributed by atoms with E-state index in [0.29, 0.717) is 31.8 Å². The highest BCUT2D eigenvalue weighted by Gasteiger charge is 2.30. The van der Waals surface area contributed by atoms with Crippen molar-refractivity contribution in [3.05, 3.63) is 76.3 Å². The summed E-state index contributed by atoms with van der Waals surface area (Å²) >= 11 is 1.18. The number of nitrogens with zero attached hydrogens (tertiary/aromatic N) is 1. The van der Waals surface area contributed by atoms with Gasteiger partial charge in [-0.1, -0.05) is 37.3 Å². The average molecular weight is 438 g/mol. The predicted octanol–water partition coefficient (Wildman–Crippen LogP) is 5.13. The summed E-state index contributed by atoms with van der Waals surface area (Å²) in [5.41, 5.74) is 0.112. The number of nitrogens with one attached hydrogen (secondary N) is 1. The first-order valence-electron chi connectivity index (χ1n) is 8.67. The lowest BCUT2D eigenvalue weighted by Gasteiger charge is -2.08. The third kappa shape index (κ3) is 5.30. The lowest BCUT2D eigenvalue weighted by molar-refractivity contribution is -0.137. The van der Waals surface area contributed by atoms with Crippen LogP contribution < -0.4 is 5.32 Å². The Kier molecular flexibility index (Phi) is 6.49. The van der Waals surface area contributed by atoms with E-state index in [4.69, 9.17) is 0 Å². The van der Waals surface area contributed by atoms with Gasteiger partial charge in [0.15, 0.2) is 5.13 Å². The zero-order valence-corrected chi connectivity index (χ0v) is 17.0. The number of alkyl halides is 3. The maximum absolute atomic E-state index is 12.9. The molecule has 2 aromatic carbocycles. The van der Waals surface area contributed by atoms with Crippen molar-refractivity contribution in [3.8, 4) is 0 Å². The molecule has 0 radical (unpaired) electrons. The van der Waals surface area contributed by atoms with Gasteiger partial charge in [-0.25, -0.2) is 4.98 Å². The van der Waals surface area contributed by atoms with Gasteiger partial charge in [-0.15, -0.1) is 11.3 Å². The van der Waals surface area contributed by atoms with Gasteiger partial charge in [0.05, 0.1) is 26.8 Å². The molecule has 1 aromatic heterocycles. The van der Waals surface area contributed by atoms with Gasteiger partial charge in [0.1, 0.15) is 0 Å². The number of amides is 1. The van der Waals surface area contributed by atoms with Crippen LogP contribution in [0.1, 0.15) is 33.3 Å². The second-order valence-electron chi connectivity index (χ2n) is 6.09. The van der Waals surface area contributed by atoms with E-state index in [9.17, 15) is 22.2 Å². The van der Waals surface area contributed by atoms with Crippen molar-refractivity contribution < 1.29 is 22.2 Å². The lowest BCUT2D eigenvalue weighted by atomic mass is 10.1. The number of hydrogen-bond acceptors (Lipinski definition) is 4. The minimum Gasteiger partial charge on any atom is -0.298 e. The Hall–Kier alpha value is -2.52. The largest absolute Gasteiger partial charge is 0.416 e. The van der Waals surface area contributed by atoms with Crippen LogP contribution in [0.3, 0.4) is 0 Å². The van der Waals surface area contributed by atoms with Gasteiger partial charge < -0.3 is 0 Å². The van der Waals surface area contributed by atoms with Gasteiger partial charge in [-0.3, -0.25) is 14.3 Å². The maximum Gasteiger partial charge on any atom is 0.416 e. The van der Waals surface area contributed by atoms with E-state index < -0.39 is 28.4 Å². The van der Waals surface area contributed by atoms with Gasteiger partial charge >= 0.3 is 6.18 Å². The minimum atomic E-state index is -4.39. The summed E-state index contributed by atoms with van der Waals surface area (Å²) in [6.07, 6.45) is -2.60. The fourth-order valence-electron chi connectivity index (χ4n) is 2.68. The summed E-state index contributed by atoms with van der Waals surface area (Å²) in [4.78, 5) is 17.9. The quantitative estimate of drug-likeness (QED) is 0.580. The van der Waals surface area contributed by atoms with Crippen molar-refractivity contribution in [2.24, 2.45) is 0 Å². The van der Waals surface area contributed by atoms with Crippen molar-refractivity contribution in [3.63, 3.8) is 0 Å². The van der Waals surface area contributed by atoms with Crippen LogP contribution in [-0.4, -0.2) is 20.9 Å². The molecule has 0 aliphatic rings. The molecular formula is C20H17F3N2O2S2. The second-order valence-corrected chi connectivity index (χ2v) is 8.91. The molecule has 1 atom stereocenters. The van der Waals surface area contributed by atoms with Crippen LogP contribution >= 0.6 is 11.3 Å². The van der Waals surface area contributed by atoms with Crippen molar-refractivity contribution in [1.82, 2.24) is 4.98 Å². The molecule has 0 aliphatic carbocycles. The number of thiazole rings is 1. The van der Waals surface area contributed by atoms with Crippen LogP contribution in [0.25, 0.3) is 0 Å². The Bertz CT molecular complexity index is 1050. The summed E-state index contributed by atoms with van der Waals surface area (Å²) in [6, 6.07) is 11.8. The molecule has 1 amide bonds. The molecule has 1 heterocycles. The van der Waals surface area contributed by atoms with Gasteiger partial charge in [0.25, 0.3) is 5.91 Å². The molecule has 0 bridgehead atoms. The van der Waals surface area contributed by atoms with Crippen LogP contribution in [0.4, 0.5) is 18.3 Å². The van der Waals surface area contributed by atoms with Crippen LogP contribution in [0.5, 0.6) is 0 Å². The molecule has 3 aromatic rings. The van der Waals surface area contributed by atoms with E-state index in [-0.39, 0.29) is 6.42 Å². The summed E-state index contributed by atoms with van der Waals surface area (Å²) in [5, 5.41) is 3.00. The normalized spacial score (nSPS) is 12.6. The van der Waals surface area contributed by atoms with Crippen LogP contribution in [0, 0.1) is 0 Å². The number of benzene rings is 2. The van der Waals surface area contributed by atoms with Crippen molar-refractivity contribution in [2.45, 2.75) is 24.4 Å². The monoisotopic (exact) mass is 438 g/mol. The Labute approximate surface area is 172 Å². The zero-order chi connectivity index (χ0) is 21.0. The highest BCUT2D eigenvalue weighted by molar-refractivity contribution is 7.85. The van der Waals surface area contributed by atoms with E-state index in [1.54, 1.807) is 37.3 Å². The SMILES string of the molecule is CC[S@@](=O)c1ccccc1C(=O)Nc1ncc(Cc2cccc(C(F)(F)F)c2)s1. The summed E-state index contributed by atoms with van der Waals surface area (Å²) in [5.74, 6) is -0.0368. The Morgan fingerprint density at radius 2 is 1.93 bits per heavy atom. The van der Waals surface area contributed by atoms with Crippen molar-refractivity contribution in [2.75, 3.05) is 11.1 Å². The Morgan fingerprint density at radius 3 is 2.66 bits per heavy atom. The second kappa shape index (κ2) is 8.87. The molecule has 0 aliphatic heterocycles. The molecule has 0 fully saturated rings. The molecule has 0 saturated carbocycles. The third-order valence-electron chi connectivity index (χ3n) is 4.05. The topological polar surface area (TPSA) is 59.1 Å². The van der Waals surface area contributed by atoms with Gasteiger partial charge in [-0.2, -0.15) is 13.2 Å². The van der Waals surface area contributed by atoms with E-state index in [1.807, 2.05) is 0 Å². The Morgan fingerprint density at radius 1 is 1.17 bits per heavy atom. The maximum atomic E-state index is 12.9. The van der Waals surface area contributed by atoms with Crippen molar-refractivity contribution >= 4 is 33.2 Å². The summed E-state index contributed by atoms with van der Waals surface area (Å²) in [7, 11) is -1.28. The highest BCUT2D eigenvalue weighted by Crippen LogP contribution is 2.30. The lowest BCUT2D eigenvalue weighted by Crippen LogP contribution is -2.15. The number of carbonyl (C=O) groups is 1. The van der Waals surface area contributed by atoms with E-state index in [1.165, 1.54) is 23.6 Å². The molecule has 4 nitrogen and oxygen atoms in total. The van der Waals surface area contributed by atoms with E-state index >= 15 is 0 Å². The van der Waals surface area contributed by atoms with Gasteiger partial charge in [0, 0.05) is 23.2 Å². The molecule has 0 unspecified atom stereocenters. The van der Waals surface area contributed by atoms with Crippen LogP contribution in [0.2, 0.25) is 0 Å². The average Bonchev–Trinajstić information content (AvgIpc) is 3.13. The first-order chi connectivity index (χ1) is 13.8.